The normalized spacial score (nSPS) is 15.5. The number of urea groups is 1. The van der Waals surface area contributed by atoms with Crippen molar-refractivity contribution in [3.8, 4) is 0 Å². The van der Waals surface area contributed by atoms with E-state index in [1.54, 1.807) is 7.05 Å². The molecule has 1 aromatic heterocycles. The van der Waals surface area contributed by atoms with Gasteiger partial charge >= 0.3 is 12.2 Å². The summed E-state index contributed by atoms with van der Waals surface area (Å²) in [7, 11) is 1.55. The predicted octanol–water partition coefficient (Wildman–Crippen LogP) is 4.13. The summed E-state index contributed by atoms with van der Waals surface area (Å²) in [5, 5.41) is 11.3. The fraction of sp³-hybridized carbons (Fsp3) is 0.476. The SMILES string of the molecule is Cc1nn(C)c(C)c1[C@@H](NC(=O)Nc1ccc(C(=O)NC2CCCC2)cc1)C(F)(F)F. The minimum absolute atomic E-state index is 0.0796. The first-order chi connectivity index (χ1) is 14.6. The highest BCUT2D eigenvalue weighted by Gasteiger charge is 2.44. The van der Waals surface area contributed by atoms with Crippen LogP contribution >= 0.6 is 0 Å². The average Bonchev–Trinajstić information content (AvgIpc) is 3.28. The number of aryl methyl sites for hydroxylation is 2. The van der Waals surface area contributed by atoms with E-state index in [1.807, 2.05) is 5.32 Å². The van der Waals surface area contributed by atoms with Crippen LogP contribution in [-0.2, 0) is 7.05 Å². The molecule has 1 aliphatic rings. The van der Waals surface area contributed by atoms with Gasteiger partial charge in [0.15, 0.2) is 6.04 Å². The van der Waals surface area contributed by atoms with Crippen LogP contribution in [0, 0.1) is 13.8 Å². The first-order valence-electron chi connectivity index (χ1n) is 10.1. The summed E-state index contributed by atoms with van der Waals surface area (Å²) >= 11 is 0. The molecule has 31 heavy (non-hydrogen) atoms. The van der Waals surface area contributed by atoms with Crippen molar-refractivity contribution in [2.75, 3.05) is 5.32 Å². The lowest BCUT2D eigenvalue weighted by Crippen LogP contribution is -2.41. The number of rotatable bonds is 5. The van der Waals surface area contributed by atoms with E-state index >= 15 is 0 Å². The van der Waals surface area contributed by atoms with Crippen LogP contribution in [0.4, 0.5) is 23.7 Å². The number of carbonyl (C=O) groups excluding carboxylic acids is 2. The van der Waals surface area contributed by atoms with E-state index in [0.29, 0.717) is 11.3 Å². The molecule has 1 fully saturated rings. The Hall–Kier alpha value is -3.04. The lowest BCUT2D eigenvalue weighted by molar-refractivity contribution is -0.155. The number of anilines is 1. The quantitative estimate of drug-likeness (QED) is 0.657. The molecule has 1 saturated carbocycles. The van der Waals surface area contributed by atoms with Crippen LogP contribution in [0.15, 0.2) is 24.3 Å². The molecule has 3 N–H and O–H groups in total. The second-order valence-corrected chi connectivity index (χ2v) is 7.81. The van der Waals surface area contributed by atoms with E-state index in [2.05, 4.69) is 15.7 Å². The number of alkyl halides is 3. The number of benzene rings is 1. The topological polar surface area (TPSA) is 88.1 Å². The van der Waals surface area contributed by atoms with Gasteiger partial charge in [0, 0.05) is 35.6 Å². The summed E-state index contributed by atoms with van der Waals surface area (Å²) in [4.78, 5) is 24.6. The highest BCUT2D eigenvalue weighted by atomic mass is 19.4. The third kappa shape index (κ3) is 5.36. The van der Waals surface area contributed by atoms with Gasteiger partial charge in [0.1, 0.15) is 0 Å². The molecular formula is C21H26F3N5O2. The lowest BCUT2D eigenvalue weighted by atomic mass is 10.0. The van der Waals surface area contributed by atoms with Crippen LogP contribution in [0.2, 0.25) is 0 Å². The molecule has 0 unspecified atom stereocenters. The average molecular weight is 437 g/mol. The van der Waals surface area contributed by atoms with E-state index in [1.165, 1.54) is 42.8 Å². The number of nitrogens with zero attached hydrogens (tertiary/aromatic N) is 2. The monoisotopic (exact) mass is 437 g/mol. The maximum Gasteiger partial charge on any atom is 0.413 e. The Balaban J connectivity index is 1.66. The molecule has 10 heteroatoms. The van der Waals surface area contributed by atoms with Gasteiger partial charge in [0.05, 0.1) is 5.69 Å². The van der Waals surface area contributed by atoms with Crippen molar-refractivity contribution in [2.24, 2.45) is 7.05 Å². The third-order valence-corrected chi connectivity index (χ3v) is 5.55. The van der Waals surface area contributed by atoms with Crippen molar-refractivity contribution in [1.29, 1.82) is 0 Å². The zero-order valence-corrected chi connectivity index (χ0v) is 17.6. The summed E-state index contributed by atoms with van der Waals surface area (Å²) in [6.45, 7) is 2.99. The van der Waals surface area contributed by atoms with Gasteiger partial charge in [-0.3, -0.25) is 9.48 Å². The maximum absolute atomic E-state index is 13.7. The minimum Gasteiger partial charge on any atom is -0.349 e. The maximum atomic E-state index is 13.7. The Labute approximate surface area is 178 Å². The van der Waals surface area contributed by atoms with Gasteiger partial charge < -0.3 is 16.0 Å². The molecule has 0 aliphatic heterocycles. The van der Waals surface area contributed by atoms with Gasteiger partial charge in [-0.25, -0.2) is 4.79 Å². The highest BCUT2D eigenvalue weighted by Crippen LogP contribution is 2.35. The van der Waals surface area contributed by atoms with E-state index in [9.17, 15) is 22.8 Å². The number of amides is 3. The van der Waals surface area contributed by atoms with Crippen molar-refractivity contribution >= 4 is 17.6 Å². The fourth-order valence-electron chi connectivity index (χ4n) is 3.87. The summed E-state index contributed by atoms with van der Waals surface area (Å²) in [6, 6.07) is 2.98. The Morgan fingerprint density at radius 3 is 2.26 bits per heavy atom. The highest BCUT2D eigenvalue weighted by molar-refractivity contribution is 5.95. The molecule has 168 valence electrons. The van der Waals surface area contributed by atoms with Gasteiger partial charge in [-0.15, -0.1) is 0 Å². The van der Waals surface area contributed by atoms with Crippen LogP contribution in [-0.4, -0.2) is 33.9 Å². The Morgan fingerprint density at radius 1 is 1.13 bits per heavy atom. The molecular weight excluding hydrogens is 411 g/mol. The van der Waals surface area contributed by atoms with Crippen molar-refractivity contribution in [3.63, 3.8) is 0 Å². The molecule has 0 bridgehead atoms. The van der Waals surface area contributed by atoms with E-state index < -0.39 is 18.2 Å². The summed E-state index contributed by atoms with van der Waals surface area (Å²) in [5.41, 5.74) is 1.13. The second kappa shape index (κ2) is 8.99. The smallest absolute Gasteiger partial charge is 0.349 e. The van der Waals surface area contributed by atoms with Gasteiger partial charge in [-0.05, 0) is 51.0 Å². The number of aromatic nitrogens is 2. The lowest BCUT2D eigenvalue weighted by Gasteiger charge is -2.22. The molecule has 0 saturated heterocycles. The van der Waals surface area contributed by atoms with Crippen molar-refractivity contribution in [1.82, 2.24) is 20.4 Å². The number of hydrogen-bond donors (Lipinski definition) is 3. The summed E-state index contributed by atoms with van der Waals surface area (Å²) in [5.74, 6) is -0.206. The Kier molecular flexibility index (Phi) is 6.56. The molecule has 1 aliphatic carbocycles. The van der Waals surface area contributed by atoms with Gasteiger partial charge in [-0.1, -0.05) is 12.8 Å². The second-order valence-electron chi connectivity index (χ2n) is 7.81. The van der Waals surface area contributed by atoms with Gasteiger partial charge in [0.2, 0.25) is 0 Å². The first-order valence-corrected chi connectivity index (χ1v) is 10.1. The first kappa shape index (κ1) is 22.6. The van der Waals surface area contributed by atoms with Crippen molar-refractivity contribution in [2.45, 2.75) is 57.8 Å². The molecule has 3 rings (SSSR count). The van der Waals surface area contributed by atoms with Crippen LogP contribution in [0.1, 0.15) is 59.0 Å². The van der Waals surface area contributed by atoms with E-state index in [4.69, 9.17) is 0 Å². The van der Waals surface area contributed by atoms with E-state index in [-0.39, 0.29) is 28.9 Å². The summed E-state index contributed by atoms with van der Waals surface area (Å²) in [6.07, 6.45) is -0.582. The predicted molar refractivity (Wildman–Crippen MR) is 110 cm³/mol. The number of halogens is 3. The number of hydrogen-bond acceptors (Lipinski definition) is 3. The van der Waals surface area contributed by atoms with Crippen LogP contribution < -0.4 is 16.0 Å². The van der Waals surface area contributed by atoms with Gasteiger partial charge in [-0.2, -0.15) is 18.3 Å². The van der Waals surface area contributed by atoms with Gasteiger partial charge in [0.25, 0.3) is 5.91 Å². The number of carbonyl (C=O) groups is 2. The zero-order chi connectivity index (χ0) is 22.8. The van der Waals surface area contributed by atoms with E-state index in [0.717, 1.165) is 25.7 Å². The number of nitrogens with one attached hydrogen (secondary N) is 3. The molecule has 0 spiro atoms. The third-order valence-electron chi connectivity index (χ3n) is 5.55. The Bertz CT molecular complexity index is 947. The van der Waals surface area contributed by atoms with Crippen molar-refractivity contribution < 1.29 is 22.8 Å². The molecule has 1 heterocycles. The summed E-state index contributed by atoms with van der Waals surface area (Å²) < 4.78 is 42.3. The molecule has 2 aromatic rings. The minimum atomic E-state index is -4.70. The molecule has 1 atom stereocenters. The molecule has 0 radical (unpaired) electrons. The Morgan fingerprint density at radius 2 is 1.74 bits per heavy atom. The molecule has 7 nitrogen and oxygen atoms in total. The molecule has 3 amide bonds. The van der Waals surface area contributed by atoms with Crippen LogP contribution in [0.5, 0.6) is 0 Å². The van der Waals surface area contributed by atoms with Crippen LogP contribution in [0.3, 0.4) is 0 Å². The fourth-order valence-corrected chi connectivity index (χ4v) is 3.87. The molecule has 1 aromatic carbocycles. The largest absolute Gasteiger partial charge is 0.413 e. The zero-order valence-electron chi connectivity index (χ0n) is 17.6. The standard InChI is InChI=1S/C21H26F3N5O2/c1-12-17(13(2)29(3)28-12)18(21(22,23)24)27-20(31)26-16-10-8-14(9-11-16)19(30)25-15-6-4-5-7-15/h8-11,15,18H,4-7H2,1-3H3,(H,25,30)(H2,26,27,31)/t18-/m1/s1. The van der Waals surface area contributed by atoms with Crippen molar-refractivity contribution in [3.05, 3.63) is 46.8 Å². The van der Waals surface area contributed by atoms with Crippen LogP contribution in [0.25, 0.3) is 0 Å².